The van der Waals surface area contributed by atoms with Gasteiger partial charge in [0.25, 0.3) is 0 Å². The van der Waals surface area contributed by atoms with Gasteiger partial charge in [-0.15, -0.1) is 0 Å². The lowest BCUT2D eigenvalue weighted by atomic mass is 9.83. The van der Waals surface area contributed by atoms with Crippen LogP contribution in [0.2, 0.25) is 0 Å². The van der Waals surface area contributed by atoms with Crippen molar-refractivity contribution in [1.82, 2.24) is 0 Å². The molecular weight excluding hydrogens is 249 g/mol. The molecule has 0 atom stereocenters. The Bertz CT molecular complexity index is 447. The third kappa shape index (κ3) is 4.43. The highest BCUT2D eigenvalue weighted by Gasteiger charge is 2.21. The van der Waals surface area contributed by atoms with Crippen LogP contribution in [0, 0.1) is 17.2 Å². The van der Waals surface area contributed by atoms with Gasteiger partial charge in [0, 0.05) is 18.2 Å². The number of nitrogens with zero attached hydrogens (tertiary/aromatic N) is 1. The van der Waals surface area contributed by atoms with E-state index in [1.807, 2.05) is 12.1 Å². The van der Waals surface area contributed by atoms with Crippen LogP contribution in [0.4, 0.5) is 4.39 Å². The van der Waals surface area contributed by atoms with Crippen LogP contribution in [0.5, 0.6) is 0 Å². The lowest BCUT2D eigenvalue weighted by Crippen LogP contribution is -2.21. The van der Waals surface area contributed by atoms with Gasteiger partial charge in [-0.3, -0.25) is 4.99 Å². The van der Waals surface area contributed by atoms with Gasteiger partial charge in [-0.25, -0.2) is 4.39 Å². The Morgan fingerprint density at radius 2 is 1.70 bits per heavy atom. The largest absolute Gasteiger partial charge is 0.288 e. The summed E-state index contributed by atoms with van der Waals surface area (Å²) in [5, 5.41) is 0. The van der Waals surface area contributed by atoms with Gasteiger partial charge in [0.15, 0.2) is 0 Å². The van der Waals surface area contributed by atoms with Gasteiger partial charge < -0.3 is 0 Å². The van der Waals surface area contributed by atoms with Gasteiger partial charge in [0.1, 0.15) is 5.82 Å². The minimum absolute atomic E-state index is 0.174. The quantitative estimate of drug-likeness (QED) is 0.669. The molecule has 20 heavy (non-hydrogen) atoms. The Morgan fingerprint density at radius 3 is 2.25 bits per heavy atom. The van der Waals surface area contributed by atoms with Crippen LogP contribution in [0.25, 0.3) is 0 Å². The summed E-state index contributed by atoms with van der Waals surface area (Å²) in [6.07, 6.45) is 6.37. The SMILES string of the molecule is CC(C)(C)C/N=C(\c1ccc(F)cc1)C1CCCCC1. The summed E-state index contributed by atoms with van der Waals surface area (Å²) < 4.78 is 13.1. The number of benzene rings is 1. The molecule has 0 heterocycles. The average molecular weight is 275 g/mol. The third-order valence-corrected chi connectivity index (χ3v) is 3.86. The lowest BCUT2D eigenvalue weighted by molar-refractivity contribution is 0.418. The normalized spacial score (nSPS) is 18.3. The van der Waals surface area contributed by atoms with Crippen molar-refractivity contribution >= 4 is 5.71 Å². The molecule has 1 aromatic carbocycles. The highest BCUT2D eigenvalue weighted by atomic mass is 19.1. The van der Waals surface area contributed by atoms with Crippen LogP contribution >= 0.6 is 0 Å². The van der Waals surface area contributed by atoms with Crippen LogP contribution in [0.3, 0.4) is 0 Å². The summed E-state index contributed by atoms with van der Waals surface area (Å²) in [4.78, 5) is 4.91. The second kappa shape index (κ2) is 6.51. The molecule has 0 radical (unpaired) electrons. The molecule has 1 aromatic rings. The van der Waals surface area contributed by atoms with Crippen molar-refractivity contribution in [2.45, 2.75) is 52.9 Å². The molecule has 1 aliphatic rings. The van der Waals surface area contributed by atoms with Gasteiger partial charge in [-0.1, -0.05) is 52.2 Å². The second-order valence-corrected chi connectivity index (χ2v) is 7.10. The Balaban J connectivity index is 2.25. The summed E-state index contributed by atoms with van der Waals surface area (Å²) in [6, 6.07) is 6.85. The Hall–Kier alpha value is -1.18. The molecule has 0 bridgehead atoms. The van der Waals surface area contributed by atoms with Crippen molar-refractivity contribution in [3.05, 3.63) is 35.6 Å². The van der Waals surface area contributed by atoms with E-state index in [1.165, 1.54) is 37.8 Å². The minimum atomic E-state index is -0.174. The van der Waals surface area contributed by atoms with E-state index in [9.17, 15) is 4.39 Å². The molecule has 1 aliphatic carbocycles. The molecule has 0 aliphatic heterocycles. The molecule has 2 rings (SSSR count). The summed E-state index contributed by atoms with van der Waals surface area (Å²) >= 11 is 0. The first-order valence-corrected chi connectivity index (χ1v) is 7.76. The zero-order valence-electron chi connectivity index (χ0n) is 13.0. The molecule has 110 valence electrons. The zero-order chi connectivity index (χ0) is 14.6. The standard InChI is InChI=1S/C18H26FN/c1-18(2,3)13-20-17(14-7-5-4-6-8-14)15-9-11-16(19)12-10-15/h9-12,14H,4-8,13H2,1-3H3/b20-17-. The van der Waals surface area contributed by atoms with Crippen molar-refractivity contribution in [2.75, 3.05) is 6.54 Å². The molecule has 0 aromatic heterocycles. The highest BCUT2D eigenvalue weighted by molar-refractivity contribution is 6.02. The third-order valence-electron chi connectivity index (χ3n) is 3.86. The predicted molar refractivity (Wildman–Crippen MR) is 83.8 cm³/mol. The number of halogens is 1. The van der Waals surface area contributed by atoms with Crippen molar-refractivity contribution in [3.8, 4) is 0 Å². The molecular formula is C18H26FN. The van der Waals surface area contributed by atoms with Gasteiger partial charge in [0.2, 0.25) is 0 Å². The van der Waals surface area contributed by atoms with Crippen molar-refractivity contribution in [3.63, 3.8) is 0 Å². The molecule has 0 unspecified atom stereocenters. The Labute approximate surface area is 122 Å². The van der Waals surface area contributed by atoms with Crippen LogP contribution in [0.1, 0.15) is 58.4 Å². The zero-order valence-corrected chi connectivity index (χ0v) is 13.0. The van der Waals surface area contributed by atoms with Gasteiger partial charge in [-0.05, 0) is 36.0 Å². The minimum Gasteiger partial charge on any atom is -0.288 e. The van der Waals surface area contributed by atoms with Crippen LogP contribution in [0.15, 0.2) is 29.3 Å². The first-order chi connectivity index (χ1) is 9.46. The van der Waals surface area contributed by atoms with E-state index in [0.717, 1.165) is 12.1 Å². The summed E-state index contributed by atoms with van der Waals surface area (Å²) in [6.45, 7) is 7.45. The topological polar surface area (TPSA) is 12.4 Å². The average Bonchev–Trinajstić information content (AvgIpc) is 2.41. The summed E-state index contributed by atoms with van der Waals surface area (Å²) in [7, 11) is 0. The molecule has 0 spiro atoms. The highest BCUT2D eigenvalue weighted by Crippen LogP contribution is 2.28. The van der Waals surface area contributed by atoms with E-state index in [2.05, 4.69) is 20.8 Å². The fourth-order valence-electron chi connectivity index (χ4n) is 2.78. The smallest absolute Gasteiger partial charge is 0.123 e. The fraction of sp³-hybridized carbons (Fsp3) is 0.611. The first kappa shape index (κ1) is 15.2. The van der Waals surface area contributed by atoms with E-state index in [-0.39, 0.29) is 11.2 Å². The van der Waals surface area contributed by atoms with Crippen molar-refractivity contribution in [2.24, 2.45) is 16.3 Å². The maximum absolute atomic E-state index is 13.1. The van der Waals surface area contributed by atoms with E-state index in [0.29, 0.717) is 5.92 Å². The maximum Gasteiger partial charge on any atom is 0.123 e. The Kier molecular flexibility index (Phi) is 4.95. The summed E-state index contributed by atoms with van der Waals surface area (Å²) in [5.41, 5.74) is 2.49. The van der Waals surface area contributed by atoms with Gasteiger partial charge in [-0.2, -0.15) is 0 Å². The number of aliphatic imine (C=N–C) groups is 1. The van der Waals surface area contributed by atoms with E-state index in [1.54, 1.807) is 12.1 Å². The lowest BCUT2D eigenvalue weighted by Gasteiger charge is -2.25. The second-order valence-electron chi connectivity index (χ2n) is 7.10. The number of hydrogen-bond acceptors (Lipinski definition) is 1. The van der Waals surface area contributed by atoms with Crippen LogP contribution in [-0.4, -0.2) is 12.3 Å². The molecule has 1 nitrogen and oxygen atoms in total. The summed E-state index contributed by atoms with van der Waals surface area (Å²) in [5.74, 6) is 0.379. The molecule has 0 N–H and O–H groups in total. The van der Waals surface area contributed by atoms with Gasteiger partial charge in [0.05, 0.1) is 0 Å². The van der Waals surface area contributed by atoms with Crippen LogP contribution in [-0.2, 0) is 0 Å². The van der Waals surface area contributed by atoms with Crippen molar-refractivity contribution < 1.29 is 4.39 Å². The van der Waals surface area contributed by atoms with Crippen molar-refractivity contribution in [1.29, 1.82) is 0 Å². The molecule has 2 heteroatoms. The van der Waals surface area contributed by atoms with E-state index >= 15 is 0 Å². The fourth-order valence-corrected chi connectivity index (χ4v) is 2.78. The molecule has 1 saturated carbocycles. The number of hydrogen-bond donors (Lipinski definition) is 0. The number of rotatable bonds is 3. The molecule has 1 fully saturated rings. The monoisotopic (exact) mass is 275 g/mol. The Morgan fingerprint density at radius 1 is 1.10 bits per heavy atom. The van der Waals surface area contributed by atoms with E-state index < -0.39 is 0 Å². The molecule has 0 amide bonds. The van der Waals surface area contributed by atoms with E-state index in [4.69, 9.17) is 4.99 Å². The molecule has 0 saturated heterocycles. The maximum atomic E-state index is 13.1. The first-order valence-electron chi connectivity index (χ1n) is 7.76. The predicted octanol–water partition coefficient (Wildman–Crippen LogP) is 5.24. The van der Waals surface area contributed by atoms with Crippen LogP contribution < -0.4 is 0 Å². The van der Waals surface area contributed by atoms with Gasteiger partial charge >= 0.3 is 0 Å².